The lowest BCUT2D eigenvalue weighted by molar-refractivity contribution is -0.126. The first-order chi connectivity index (χ1) is 7.75. The van der Waals surface area contributed by atoms with Crippen LogP contribution in [0.2, 0.25) is 0 Å². The average molecular weight is 224 g/mol. The highest BCUT2D eigenvalue weighted by atomic mass is 16.1. The summed E-state index contributed by atoms with van der Waals surface area (Å²) in [5.41, 5.74) is 5.85. The number of nitrogens with one attached hydrogen (secondary N) is 1. The topological polar surface area (TPSA) is 55.1 Å². The van der Waals surface area contributed by atoms with Crippen LogP contribution in [-0.2, 0) is 4.79 Å². The average Bonchev–Trinajstić information content (AvgIpc) is 2.31. The molecular formula is C13H24N2O. The first kappa shape index (κ1) is 11.9. The molecule has 0 aromatic rings. The lowest BCUT2D eigenvalue weighted by Crippen LogP contribution is -2.42. The van der Waals surface area contributed by atoms with Crippen molar-refractivity contribution in [3.8, 4) is 0 Å². The van der Waals surface area contributed by atoms with Crippen LogP contribution in [0.5, 0.6) is 0 Å². The summed E-state index contributed by atoms with van der Waals surface area (Å²) in [6, 6.07) is 0.788. The quantitative estimate of drug-likeness (QED) is 0.753. The normalized spacial score (nSPS) is 32.3. The van der Waals surface area contributed by atoms with Gasteiger partial charge >= 0.3 is 0 Å². The molecule has 0 saturated heterocycles. The molecule has 92 valence electrons. The molecule has 0 unspecified atom stereocenters. The Balaban J connectivity index is 1.74. The van der Waals surface area contributed by atoms with Crippen molar-refractivity contribution in [1.29, 1.82) is 0 Å². The standard InChI is InChI=1S/C13H24N2O/c14-11-8-6-10(7-9-11)13(16)15-12-4-2-1-3-5-12/h10-12H,1-9,14H2,(H,15,16). The first-order valence-electron chi connectivity index (χ1n) is 6.81. The largest absolute Gasteiger partial charge is 0.353 e. The molecule has 0 bridgehead atoms. The van der Waals surface area contributed by atoms with E-state index in [2.05, 4.69) is 5.32 Å². The molecule has 3 heteroatoms. The van der Waals surface area contributed by atoms with E-state index in [0.717, 1.165) is 25.7 Å². The summed E-state index contributed by atoms with van der Waals surface area (Å²) in [4.78, 5) is 12.0. The van der Waals surface area contributed by atoms with E-state index in [0.29, 0.717) is 18.0 Å². The summed E-state index contributed by atoms with van der Waals surface area (Å²) in [6.07, 6.45) is 10.3. The fourth-order valence-corrected chi connectivity index (χ4v) is 2.95. The minimum absolute atomic E-state index is 0.238. The summed E-state index contributed by atoms with van der Waals surface area (Å²) < 4.78 is 0. The Morgan fingerprint density at radius 2 is 1.56 bits per heavy atom. The zero-order chi connectivity index (χ0) is 11.4. The summed E-state index contributed by atoms with van der Waals surface area (Å²) in [5, 5.41) is 3.22. The second-order valence-corrected chi connectivity index (χ2v) is 5.46. The van der Waals surface area contributed by atoms with Crippen LogP contribution in [0.4, 0.5) is 0 Å². The molecule has 3 N–H and O–H groups in total. The van der Waals surface area contributed by atoms with Gasteiger partial charge in [0.15, 0.2) is 0 Å². The third-order valence-electron chi connectivity index (χ3n) is 4.09. The number of hydrogen-bond acceptors (Lipinski definition) is 2. The lowest BCUT2D eigenvalue weighted by atomic mass is 9.85. The van der Waals surface area contributed by atoms with Crippen LogP contribution < -0.4 is 11.1 Å². The molecule has 2 saturated carbocycles. The van der Waals surface area contributed by atoms with Gasteiger partial charge in [0.2, 0.25) is 5.91 Å². The number of carbonyl (C=O) groups is 1. The molecule has 0 atom stereocenters. The third kappa shape index (κ3) is 3.21. The highest BCUT2D eigenvalue weighted by Gasteiger charge is 2.26. The van der Waals surface area contributed by atoms with Crippen molar-refractivity contribution in [2.24, 2.45) is 11.7 Å². The Morgan fingerprint density at radius 3 is 2.19 bits per heavy atom. The van der Waals surface area contributed by atoms with Crippen molar-refractivity contribution < 1.29 is 4.79 Å². The molecule has 0 aromatic carbocycles. The highest BCUT2D eigenvalue weighted by Crippen LogP contribution is 2.24. The molecule has 2 fully saturated rings. The van der Waals surface area contributed by atoms with Gasteiger partial charge in [0, 0.05) is 18.0 Å². The number of rotatable bonds is 2. The SMILES string of the molecule is NC1CCC(C(=O)NC2CCCCC2)CC1. The Bertz CT molecular complexity index is 228. The predicted octanol–water partition coefficient (Wildman–Crippen LogP) is 1.95. The van der Waals surface area contributed by atoms with Crippen molar-refractivity contribution in [2.45, 2.75) is 69.9 Å². The maximum absolute atomic E-state index is 12.0. The van der Waals surface area contributed by atoms with E-state index in [1.54, 1.807) is 0 Å². The molecule has 2 aliphatic rings. The van der Waals surface area contributed by atoms with Crippen molar-refractivity contribution in [1.82, 2.24) is 5.32 Å². The van der Waals surface area contributed by atoms with Gasteiger partial charge in [-0.05, 0) is 38.5 Å². The predicted molar refractivity (Wildman–Crippen MR) is 64.9 cm³/mol. The second kappa shape index (κ2) is 5.67. The van der Waals surface area contributed by atoms with Gasteiger partial charge in [-0.25, -0.2) is 0 Å². The minimum atomic E-state index is 0.238. The Hall–Kier alpha value is -0.570. The van der Waals surface area contributed by atoms with Gasteiger partial charge in [0.25, 0.3) is 0 Å². The van der Waals surface area contributed by atoms with Gasteiger partial charge in [-0.3, -0.25) is 4.79 Å². The molecule has 0 aliphatic heterocycles. The number of amides is 1. The van der Waals surface area contributed by atoms with E-state index in [1.165, 1.54) is 32.1 Å². The molecule has 0 aromatic heterocycles. The van der Waals surface area contributed by atoms with Crippen LogP contribution in [0.1, 0.15) is 57.8 Å². The van der Waals surface area contributed by atoms with E-state index in [9.17, 15) is 4.79 Å². The van der Waals surface area contributed by atoms with Gasteiger partial charge in [-0.1, -0.05) is 19.3 Å². The van der Waals surface area contributed by atoms with Crippen LogP contribution in [0.15, 0.2) is 0 Å². The zero-order valence-electron chi connectivity index (χ0n) is 10.1. The smallest absolute Gasteiger partial charge is 0.223 e. The maximum Gasteiger partial charge on any atom is 0.223 e. The first-order valence-corrected chi connectivity index (χ1v) is 6.81. The summed E-state index contributed by atoms with van der Waals surface area (Å²) in [7, 11) is 0. The summed E-state index contributed by atoms with van der Waals surface area (Å²) in [5.74, 6) is 0.528. The molecule has 1 amide bonds. The van der Waals surface area contributed by atoms with E-state index in [-0.39, 0.29) is 5.92 Å². The number of carbonyl (C=O) groups excluding carboxylic acids is 1. The fraction of sp³-hybridized carbons (Fsp3) is 0.923. The molecule has 0 spiro atoms. The van der Waals surface area contributed by atoms with Crippen LogP contribution >= 0.6 is 0 Å². The van der Waals surface area contributed by atoms with Gasteiger partial charge in [-0.15, -0.1) is 0 Å². The van der Waals surface area contributed by atoms with Crippen molar-refractivity contribution >= 4 is 5.91 Å². The minimum Gasteiger partial charge on any atom is -0.353 e. The Labute approximate surface area is 98.2 Å². The fourth-order valence-electron chi connectivity index (χ4n) is 2.95. The molecule has 2 rings (SSSR count). The Kier molecular flexibility index (Phi) is 4.22. The molecule has 0 heterocycles. The summed E-state index contributed by atoms with van der Waals surface area (Å²) >= 11 is 0. The molecule has 3 nitrogen and oxygen atoms in total. The van der Waals surface area contributed by atoms with E-state index < -0.39 is 0 Å². The zero-order valence-corrected chi connectivity index (χ0v) is 10.1. The van der Waals surface area contributed by atoms with Crippen LogP contribution in [-0.4, -0.2) is 18.0 Å². The monoisotopic (exact) mass is 224 g/mol. The molecule has 0 radical (unpaired) electrons. The van der Waals surface area contributed by atoms with Gasteiger partial charge in [-0.2, -0.15) is 0 Å². The van der Waals surface area contributed by atoms with E-state index >= 15 is 0 Å². The van der Waals surface area contributed by atoms with Gasteiger partial charge in [0.05, 0.1) is 0 Å². The molecular weight excluding hydrogens is 200 g/mol. The van der Waals surface area contributed by atoms with Gasteiger partial charge < -0.3 is 11.1 Å². The second-order valence-electron chi connectivity index (χ2n) is 5.46. The van der Waals surface area contributed by atoms with Crippen LogP contribution in [0.3, 0.4) is 0 Å². The van der Waals surface area contributed by atoms with E-state index in [4.69, 9.17) is 5.73 Å². The molecule has 16 heavy (non-hydrogen) atoms. The maximum atomic E-state index is 12.0. The highest BCUT2D eigenvalue weighted by molar-refractivity contribution is 5.79. The van der Waals surface area contributed by atoms with Crippen LogP contribution in [0.25, 0.3) is 0 Å². The van der Waals surface area contributed by atoms with Crippen molar-refractivity contribution in [2.75, 3.05) is 0 Å². The Morgan fingerprint density at radius 1 is 0.938 bits per heavy atom. The van der Waals surface area contributed by atoms with E-state index in [1.807, 2.05) is 0 Å². The van der Waals surface area contributed by atoms with Gasteiger partial charge in [0.1, 0.15) is 0 Å². The third-order valence-corrected chi connectivity index (χ3v) is 4.09. The van der Waals surface area contributed by atoms with Crippen molar-refractivity contribution in [3.63, 3.8) is 0 Å². The summed E-state index contributed by atoms with van der Waals surface area (Å²) in [6.45, 7) is 0. The number of hydrogen-bond donors (Lipinski definition) is 2. The molecule has 2 aliphatic carbocycles. The van der Waals surface area contributed by atoms with Crippen molar-refractivity contribution in [3.05, 3.63) is 0 Å². The number of nitrogens with two attached hydrogens (primary N) is 1. The lowest BCUT2D eigenvalue weighted by Gasteiger charge is -2.29. The van der Waals surface area contributed by atoms with Crippen LogP contribution in [0, 0.1) is 5.92 Å².